The lowest BCUT2D eigenvalue weighted by Crippen LogP contribution is -2.22. The fourth-order valence-electron chi connectivity index (χ4n) is 3.56. The summed E-state index contributed by atoms with van der Waals surface area (Å²) in [6.45, 7) is 3.87. The van der Waals surface area contributed by atoms with Gasteiger partial charge in [0.25, 0.3) is 11.1 Å². The molecule has 0 atom stereocenters. The van der Waals surface area contributed by atoms with Crippen LogP contribution in [0.1, 0.15) is 16.3 Å². The highest BCUT2D eigenvalue weighted by molar-refractivity contribution is 7.98. The Morgan fingerprint density at radius 3 is 2.62 bits per heavy atom. The Morgan fingerprint density at radius 1 is 1.06 bits per heavy atom. The first-order chi connectivity index (χ1) is 15.4. The molecule has 0 aliphatic heterocycles. The van der Waals surface area contributed by atoms with Crippen molar-refractivity contribution in [2.45, 2.75) is 24.8 Å². The highest BCUT2D eigenvalue weighted by Gasteiger charge is 2.17. The van der Waals surface area contributed by atoms with Crippen LogP contribution in [0, 0.1) is 19.7 Å². The molecular formula is C23H17FN4O2S2. The second kappa shape index (κ2) is 7.99. The lowest BCUT2D eigenvalue weighted by molar-refractivity contribution is 0.608. The van der Waals surface area contributed by atoms with Gasteiger partial charge in [-0.25, -0.2) is 14.4 Å². The fourth-order valence-corrected chi connectivity index (χ4v) is 5.48. The summed E-state index contributed by atoms with van der Waals surface area (Å²) in [6.07, 6.45) is 0. The van der Waals surface area contributed by atoms with Crippen LogP contribution in [0.25, 0.3) is 26.8 Å². The number of H-pyrrole nitrogens is 1. The van der Waals surface area contributed by atoms with E-state index in [4.69, 9.17) is 0 Å². The number of nitrogens with one attached hydrogen (secondary N) is 1. The minimum absolute atomic E-state index is 0.125. The molecule has 9 heteroatoms. The third kappa shape index (κ3) is 3.43. The largest absolute Gasteiger partial charge is 0.309 e. The van der Waals surface area contributed by atoms with Crippen molar-refractivity contribution in [3.05, 3.63) is 91.3 Å². The molecule has 5 aromatic rings. The maximum absolute atomic E-state index is 14.6. The quantitative estimate of drug-likeness (QED) is 0.307. The molecule has 0 spiro atoms. The van der Waals surface area contributed by atoms with Gasteiger partial charge in [0.15, 0.2) is 5.16 Å². The van der Waals surface area contributed by atoms with Crippen LogP contribution in [0.15, 0.2) is 63.3 Å². The number of aryl methyl sites for hydroxylation is 2. The maximum atomic E-state index is 14.6. The van der Waals surface area contributed by atoms with Gasteiger partial charge in [-0.2, -0.15) is 0 Å². The highest BCUT2D eigenvalue weighted by atomic mass is 32.2. The molecule has 0 fully saturated rings. The van der Waals surface area contributed by atoms with Crippen LogP contribution in [0.4, 0.5) is 4.39 Å². The zero-order valence-electron chi connectivity index (χ0n) is 17.2. The van der Waals surface area contributed by atoms with Gasteiger partial charge < -0.3 is 4.98 Å². The van der Waals surface area contributed by atoms with Gasteiger partial charge in [-0.15, -0.1) is 11.3 Å². The number of halogens is 1. The number of aromatic nitrogens is 4. The third-order valence-corrected chi connectivity index (χ3v) is 7.32. The van der Waals surface area contributed by atoms with Crippen molar-refractivity contribution in [2.75, 3.05) is 0 Å². The molecule has 0 saturated carbocycles. The Morgan fingerprint density at radius 2 is 1.81 bits per heavy atom. The first kappa shape index (κ1) is 20.6. The summed E-state index contributed by atoms with van der Waals surface area (Å²) in [4.78, 5) is 39.6. The van der Waals surface area contributed by atoms with E-state index in [0.717, 1.165) is 10.4 Å². The van der Waals surface area contributed by atoms with E-state index in [1.807, 2.05) is 13.8 Å². The first-order valence-corrected chi connectivity index (χ1v) is 11.6. The number of thiophene rings is 1. The number of fused-ring (bicyclic) bond motifs is 2. The van der Waals surface area contributed by atoms with Crippen molar-refractivity contribution in [3.63, 3.8) is 0 Å². The molecule has 1 N–H and O–H groups in total. The summed E-state index contributed by atoms with van der Waals surface area (Å²) in [5.74, 6) is 0.211. The molecule has 0 unspecified atom stereocenters. The Hall–Kier alpha value is -3.30. The minimum atomic E-state index is -0.522. The predicted octanol–water partition coefficient (Wildman–Crippen LogP) is 4.73. The van der Waals surface area contributed by atoms with Gasteiger partial charge in [0, 0.05) is 4.88 Å². The van der Waals surface area contributed by atoms with E-state index in [2.05, 4.69) is 15.0 Å². The molecular weight excluding hydrogens is 447 g/mol. The summed E-state index contributed by atoms with van der Waals surface area (Å²) >= 11 is 2.69. The van der Waals surface area contributed by atoms with E-state index in [1.54, 1.807) is 42.5 Å². The van der Waals surface area contributed by atoms with Crippen molar-refractivity contribution in [2.24, 2.45) is 0 Å². The Balaban J connectivity index is 1.62. The number of nitrogens with zero attached hydrogens (tertiary/aromatic N) is 3. The molecule has 0 bridgehead atoms. The summed E-state index contributed by atoms with van der Waals surface area (Å²) in [7, 11) is 0. The molecule has 0 radical (unpaired) electrons. The van der Waals surface area contributed by atoms with Crippen LogP contribution < -0.4 is 11.1 Å². The standard InChI is InChI=1S/C23H17FN4O2S2/c1-12-13(2)32-21-19(12)20(29)26-18(27-21)11-31-23-25-16-9-5-3-7-14(16)22(30)28(23)17-10-6-4-8-15(17)24/h3-10H,11H2,1-2H3,(H,26,27,29). The van der Waals surface area contributed by atoms with Gasteiger partial charge in [-0.3, -0.25) is 14.2 Å². The zero-order chi connectivity index (χ0) is 22.4. The summed E-state index contributed by atoms with van der Waals surface area (Å²) in [6, 6.07) is 13.0. The van der Waals surface area contributed by atoms with E-state index in [-0.39, 0.29) is 22.6 Å². The molecule has 5 rings (SSSR count). The normalized spacial score (nSPS) is 11.5. The third-order valence-electron chi connectivity index (χ3n) is 5.26. The number of hydrogen-bond acceptors (Lipinski definition) is 6. The average molecular weight is 465 g/mol. The number of aromatic amines is 1. The van der Waals surface area contributed by atoms with Gasteiger partial charge in [-0.05, 0) is 43.7 Å². The summed E-state index contributed by atoms with van der Waals surface area (Å²) in [5.41, 5.74) is 1.03. The SMILES string of the molecule is Cc1sc2nc(CSc3nc4ccccc4c(=O)n3-c3ccccc3F)[nH]c(=O)c2c1C. The Labute approximate surface area is 189 Å². The molecule has 160 valence electrons. The van der Waals surface area contributed by atoms with Crippen LogP contribution in [0.3, 0.4) is 0 Å². The van der Waals surface area contributed by atoms with E-state index in [0.29, 0.717) is 32.1 Å². The Bertz CT molecular complexity index is 1620. The lowest BCUT2D eigenvalue weighted by atomic mass is 10.2. The number of thioether (sulfide) groups is 1. The molecule has 0 aliphatic carbocycles. The second-order valence-electron chi connectivity index (χ2n) is 7.27. The van der Waals surface area contributed by atoms with E-state index < -0.39 is 5.82 Å². The van der Waals surface area contributed by atoms with Crippen LogP contribution in [-0.2, 0) is 5.75 Å². The molecule has 6 nitrogen and oxygen atoms in total. The molecule has 0 saturated heterocycles. The van der Waals surface area contributed by atoms with Crippen LogP contribution in [0.5, 0.6) is 0 Å². The molecule has 32 heavy (non-hydrogen) atoms. The van der Waals surface area contributed by atoms with Crippen molar-refractivity contribution < 1.29 is 4.39 Å². The van der Waals surface area contributed by atoms with Crippen LogP contribution >= 0.6 is 23.1 Å². The average Bonchev–Trinajstić information content (AvgIpc) is 3.07. The molecule has 2 aromatic carbocycles. The smallest absolute Gasteiger partial charge is 0.266 e. The van der Waals surface area contributed by atoms with Gasteiger partial charge >= 0.3 is 0 Å². The van der Waals surface area contributed by atoms with Crippen LogP contribution in [0.2, 0.25) is 0 Å². The lowest BCUT2D eigenvalue weighted by Gasteiger charge is -2.13. The van der Waals surface area contributed by atoms with Gasteiger partial charge in [-0.1, -0.05) is 36.0 Å². The number of para-hydroxylation sites is 2. The zero-order valence-corrected chi connectivity index (χ0v) is 18.8. The first-order valence-electron chi connectivity index (χ1n) is 9.82. The van der Waals surface area contributed by atoms with Crippen molar-refractivity contribution in [1.29, 1.82) is 0 Å². The molecule has 0 aliphatic rings. The monoisotopic (exact) mass is 464 g/mol. The molecule has 3 heterocycles. The van der Waals surface area contributed by atoms with Crippen molar-refractivity contribution in [3.8, 4) is 5.69 Å². The number of rotatable bonds is 4. The van der Waals surface area contributed by atoms with Crippen LogP contribution in [-0.4, -0.2) is 19.5 Å². The topological polar surface area (TPSA) is 80.6 Å². The van der Waals surface area contributed by atoms with E-state index in [9.17, 15) is 14.0 Å². The summed E-state index contributed by atoms with van der Waals surface area (Å²) < 4.78 is 15.9. The van der Waals surface area contributed by atoms with Crippen molar-refractivity contribution >= 4 is 44.2 Å². The predicted molar refractivity (Wildman–Crippen MR) is 127 cm³/mol. The van der Waals surface area contributed by atoms with Gasteiger partial charge in [0.2, 0.25) is 0 Å². The second-order valence-corrected chi connectivity index (χ2v) is 9.41. The van der Waals surface area contributed by atoms with Gasteiger partial charge in [0.05, 0.1) is 27.7 Å². The minimum Gasteiger partial charge on any atom is -0.309 e. The molecule has 0 amide bonds. The Kier molecular flexibility index (Phi) is 5.15. The maximum Gasteiger partial charge on any atom is 0.266 e. The van der Waals surface area contributed by atoms with E-state index >= 15 is 0 Å². The van der Waals surface area contributed by atoms with Gasteiger partial charge in [0.1, 0.15) is 16.5 Å². The molecule has 3 aromatic heterocycles. The number of benzene rings is 2. The van der Waals surface area contributed by atoms with Crippen molar-refractivity contribution in [1.82, 2.24) is 19.5 Å². The van der Waals surface area contributed by atoms with E-state index in [1.165, 1.54) is 33.7 Å². The summed E-state index contributed by atoms with van der Waals surface area (Å²) in [5, 5.41) is 1.33. The highest BCUT2D eigenvalue weighted by Crippen LogP contribution is 2.28. The number of hydrogen-bond donors (Lipinski definition) is 1. The fraction of sp³-hybridized carbons (Fsp3) is 0.130.